The maximum atomic E-state index is 4.22. The monoisotopic (exact) mass is 197 g/mol. The Labute approximate surface area is 82.7 Å². The maximum absolute atomic E-state index is 4.22. The quantitative estimate of drug-likeness (QED) is 0.757. The number of rotatable bonds is 2. The number of aromatic amines is 1. The van der Waals surface area contributed by atoms with E-state index in [0.717, 1.165) is 11.7 Å². The highest BCUT2D eigenvalue weighted by molar-refractivity contribution is 7.99. The first kappa shape index (κ1) is 9.09. The molecule has 0 amide bonds. The van der Waals surface area contributed by atoms with Crippen LogP contribution in [0.5, 0.6) is 0 Å². The Morgan fingerprint density at radius 3 is 3.31 bits per heavy atom. The lowest BCUT2D eigenvalue weighted by atomic mass is 10.2. The molecule has 1 aliphatic heterocycles. The fraction of sp³-hybridized carbons (Fsp3) is 0.667. The first-order chi connectivity index (χ1) is 6.45. The van der Waals surface area contributed by atoms with Crippen molar-refractivity contribution in [2.24, 2.45) is 0 Å². The Bertz CT molecular complexity index is 227. The number of hydrogen-bond donors (Lipinski definition) is 2. The predicted octanol–water partition coefficient (Wildman–Crippen LogP) is 1.64. The van der Waals surface area contributed by atoms with E-state index in [1.807, 2.05) is 24.2 Å². The molecule has 0 aromatic carbocycles. The Morgan fingerprint density at radius 1 is 1.46 bits per heavy atom. The molecular formula is C9H15N3S. The van der Waals surface area contributed by atoms with E-state index in [-0.39, 0.29) is 0 Å². The van der Waals surface area contributed by atoms with Gasteiger partial charge in [-0.1, -0.05) is 18.2 Å². The van der Waals surface area contributed by atoms with Crippen LogP contribution >= 0.6 is 11.8 Å². The summed E-state index contributed by atoms with van der Waals surface area (Å²) in [5.41, 5.74) is 0. The van der Waals surface area contributed by atoms with Crippen molar-refractivity contribution in [3.8, 4) is 0 Å². The molecule has 2 heterocycles. The number of H-pyrrole nitrogens is 1. The molecule has 0 radical (unpaired) electrons. The van der Waals surface area contributed by atoms with Crippen molar-refractivity contribution in [1.82, 2.24) is 15.3 Å². The van der Waals surface area contributed by atoms with E-state index < -0.39 is 0 Å². The van der Waals surface area contributed by atoms with E-state index in [2.05, 4.69) is 15.3 Å². The molecule has 1 aromatic heterocycles. The third kappa shape index (κ3) is 2.74. The van der Waals surface area contributed by atoms with E-state index >= 15 is 0 Å². The van der Waals surface area contributed by atoms with Gasteiger partial charge in [0.25, 0.3) is 0 Å². The van der Waals surface area contributed by atoms with E-state index in [9.17, 15) is 0 Å². The van der Waals surface area contributed by atoms with Crippen LogP contribution in [0.15, 0.2) is 17.6 Å². The number of nitrogens with zero attached hydrogens (tertiary/aromatic N) is 1. The molecule has 72 valence electrons. The number of thioether (sulfide) groups is 1. The minimum atomic E-state index is 0.689. The summed E-state index contributed by atoms with van der Waals surface area (Å²) in [7, 11) is 0. The average molecular weight is 197 g/mol. The van der Waals surface area contributed by atoms with Crippen molar-refractivity contribution in [3.63, 3.8) is 0 Å². The molecule has 1 unspecified atom stereocenters. The molecule has 13 heavy (non-hydrogen) atoms. The van der Waals surface area contributed by atoms with Gasteiger partial charge in [-0.25, -0.2) is 4.98 Å². The smallest absolute Gasteiger partial charge is 0.165 e. The fourth-order valence-corrected chi connectivity index (χ4v) is 2.62. The number of imidazole rings is 1. The summed E-state index contributed by atoms with van der Waals surface area (Å²) in [6.07, 6.45) is 7.65. The van der Waals surface area contributed by atoms with E-state index in [0.29, 0.717) is 5.25 Å². The SMILES string of the molecule is c1c[nH]c(SC2CCCCNC2)n1. The van der Waals surface area contributed by atoms with Crippen LogP contribution in [0.4, 0.5) is 0 Å². The Hall–Kier alpha value is -0.480. The molecule has 0 bridgehead atoms. The van der Waals surface area contributed by atoms with E-state index in [1.165, 1.54) is 25.8 Å². The largest absolute Gasteiger partial charge is 0.340 e. The molecule has 1 aliphatic rings. The minimum absolute atomic E-state index is 0.689. The fourth-order valence-electron chi connectivity index (χ4n) is 1.56. The summed E-state index contributed by atoms with van der Waals surface area (Å²) in [6.45, 7) is 2.29. The van der Waals surface area contributed by atoms with Crippen LogP contribution in [-0.4, -0.2) is 28.3 Å². The van der Waals surface area contributed by atoms with Crippen molar-refractivity contribution in [2.75, 3.05) is 13.1 Å². The highest BCUT2D eigenvalue weighted by atomic mass is 32.2. The molecule has 0 spiro atoms. The van der Waals surface area contributed by atoms with Crippen LogP contribution in [0.1, 0.15) is 19.3 Å². The Balaban J connectivity index is 1.86. The Morgan fingerprint density at radius 2 is 2.46 bits per heavy atom. The first-order valence-corrected chi connectivity index (χ1v) is 5.70. The van der Waals surface area contributed by atoms with Crippen LogP contribution < -0.4 is 5.32 Å². The third-order valence-corrected chi connectivity index (χ3v) is 3.44. The molecule has 1 fully saturated rings. The van der Waals surface area contributed by atoms with Gasteiger partial charge in [-0.2, -0.15) is 0 Å². The molecule has 2 N–H and O–H groups in total. The van der Waals surface area contributed by atoms with Gasteiger partial charge in [0, 0.05) is 24.2 Å². The second-order valence-corrected chi connectivity index (χ2v) is 4.62. The lowest BCUT2D eigenvalue weighted by Gasteiger charge is -2.10. The summed E-state index contributed by atoms with van der Waals surface area (Å²) in [6, 6.07) is 0. The van der Waals surface area contributed by atoms with Crippen LogP contribution in [0.3, 0.4) is 0 Å². The summed E-state index contributed by atoms with van der Waals surface area (Å²) in [4.78, 5) is 7.35. The molecule has 4 heteroatoms. The average Bonchev–Trinajstić information content (AvgIpc) is 2.49. The van der Waals surface area contributed by atoms with Gasteiger partial charge in [0.1, 0.15) is 0 Å². The summed E-state index contributed by atoms with van der Waals surface area (Å²) < 4.78 is 0. The van der Waals surface area contributed by atoms with Crippen molar-refractivity contribution >= 4 is 11.8 Å². The van der Waals surface area contributed by atoms with E-state index in [4.69, 9.17) is 0 Å². The van der Waals surface area contributed by atoms with Crippen LogP contribution in [0.2, 0.25) is 0 Å². The molecule has 1 aromatic rings. The van der Waals surface area contributed by atoms with Crippen molar-refractivity contribution in [3.05, 3.63) is 12.4 Å². The zero-order valence-electron chi connectivity index (χ0n) is 7.62. The van der Waals surface area contributed by atoms with Crippen molar-refractivity contribution in [2.45, 2.75) is 29.7 Å². The van der Waals surface area contributed by atoms with Crippen molar-refractivity contribution in [1.29, 1.82) is 0 Å². The normalized spacial score (nSPS) is 24.2. The summed E-state index contributed by atoms with van der Waals surface area (Å²) in [5.74, 6) is 0. The van der Waals surface area contributed by atoms with Crippen molar-refractivity contribution < 1.29 is 0 Å². The van der Waals surface area contributed by atoms with Crippen LogP contribution in [0, 0.1) is 0 Å². The van der Waals surface area contributed by atoms with E-state index in [1.54, 1.807) is 0 Å². The van der Waals surface area contributed by atoms with Gasteiger partial charge in [0.15, 0.2) is 5.16 Å². The van der Waals surface area contributed by atoms with Gasteiger partial charge in [0.05, 0.1) is 0 Å². The number of aromatic nitrogens is 2. The van der Waals surface area contributed by atoms with Gasteiger partial charge in [-0.3, -0.25) is 0 Å². The topological polar surface area (TPSA) is 40.7 Å². The zero-order chi connectivity index (χ0) is 8.93. The second kappa shape index (κ2) is 4.67. The zero-order valence-corrected chi connectivity index (χ0v) is 8.44. The maximum Gasteiger partial charge on any atom is 0.165 e. The second-order valence-electron chi connectivity index (χ2n) is 3.33. The van der Waals surface area contributed by atoms with Crippen LogP contribution in [-0.2, 0) is 0 Å². The molecule has 0 saturated carbocycles. The molecule has 0 aliphatic carbocycles. The minimum Gasteiger partial charge on any atom is -0.340 e. The first-order valence-electron chi connectivity index (χ1n) is 4.82. The standard InChI is InChI=1S/C9H15N3S/c1-2-4-10-7-8(3-1)13-9-11-5-6-12-9/h5-6,8,10H,1-4,7H2,(H,11,12). The Kier molecular flexibility index (Phi) is 3.27. The number of hydrogen-bond acceptors (Lipinski definition) is 3. The molecular weight excluding hydrogens is 182 g/mol. The number of nitrogens with one attached hydrogen (secondary N) is 2. The predicted molar refractivity (Wildman–Crippen MR) is 55.0 cm³/mol. The highest BCUT2D eigenvalue weighted by Gasteiger charge is 2.13. The van der Waals surface area contributed by atoms with Gasteiger partial charge in [0.2, 0.25) is 0 Å². The highest BCUT2D eigenvalue weighted by Crippen LogP contribution is 2.23. The van der Waals surface area contributed by atoms with Crippen LogP contribution in [0.25, 0.3) is 0 Å². The van der Waals surface area contributed by atoms with Gasteiger partial charge in [-0.05, 0) is 19.4 Å². The van der Waals surface area contributed by atoms with Gasteiger partial charge >= 0.3 is 0 Å². The van der Waals surface area contributed by atoms with Gasteiger partial charge in [-0.15, -0.1) is 0 Å². The summed E-state index contributed by atoms with van der Waals surface area (Å²) in [5, 5.41) is 5.19. The lowest BCUT2D eigenvalue weighted by molar-refractivity contribution is 0.706. The molecule has 3 nitrogen and oxygen atoms in total. The lowest BCUT2D eigenvalue weighted by Crippen LogP contribution is -2.22. The molecule has 1 saturated heterocycles. The summed E-state index contributed by atoms with van der Waals surface area (Å²) >= 11 is 1.86. The molecule has 2 rings (SSSR count). The molecule has 1 atom stereocenters. The van der Waals surface area contributed by atoms with Gasteiger partial charge < -0.3 is 10.3 Å². The third-order valence-electron chi connectivity index (χ3n) is 2.25.